The molecule has 2 aliphatic carbocycles. The van der Waals surface area contributed by atoms with E-state index in [1.807, 2.05) is 0 Å². The number of aliphatic carboxylic acids is 1. The molecule has 0 aromatic rings. The minimum absolute atomic E-state index is 0.00514. The number of carboxylic acids is 1. The molecule has 0 radical (unpaired) electrons. The maximum Gasteiger partial charge on any atom is 0.306 e. The van der Waals surface area contributed by atoms with Gasteiger partial charge < -0.3 is 15.7 Å². The van der Waals surface area contributed by atoms with E-state index in [2.05, 4.69) is 10.6 Å². The van der Waals surface area contributed by atoms with Gasteiger partial charge in [-0.05, 0) is 44.9 Å². The molecule has 2 rings (SSSR count). The number of carbonyl (C=O) groups is 3. The van der Waals surface area contributed by atoms with Crippen molar-refractivity contribution in [2.75, 3.05) is 6.54 Å². The molecule has 6 heteroatoms. The van der Waals surface area contributed by atoms with Gasteiger partial charge in [0.15, 0.2) is 0 Å². The minimum Gasteiger partial charge on any atom is -0.481 e. The zero-order valence-corrected chi connectivity index (χ0v) is 12.3. The third-order valence-corrected chi connectivity index (χ3v) is 4.27. The van der Waals surface area contributed by atoms with Gasteiger partial charge in [-0.25, -0.2) is 0 Å². The first-order chi connectivity index (χ1) is 10.1. The van der Waals surface area contributed by atoms with E-state index in [0.29, 0.717) is 32.2 Å². The second-order valence-electron chi connectivity index (χ2n) is 6.12. The van der Waals surface area contributed by atoms with Crippen molar-refractivity contribution >= 4 is 17.8 Å². The maximum atomic E-state index is 11.8. The summed E-state index contributed by atoms with van der Waals surface area (Å²) in [5.74, 6) is -0.665. The van der Waals surface area contributed by atoms with Crippen LogP contribution in [0, 0.1) is 11.8 Å². The molecule has 0 spiro atoms. The van der Waals surface area contributed by atoms with Gasteiger partial charge in [-0.1, -0.05) is 0 Å². The first-order valence-electron chi connectivity index (χ1n) is 7.86. The first kappa shape index (κ1) is 15.8. The second-order valence-corrected chi connectivity index (χ2v) is 6.12. The van der Waals surface area contributed by atoms with Crippen LogP contribution in [0.2, 0.25) is 0 Å². The zero-order valence-electron chi connectivity index (χ0n) is 12.3. The lowest BCUT2D eigenvalue weighted by atomic mass is 9.86. The van der Waals surface area contributed by atoms with Crippen LogP contribution in [-0.4, -0.2) is 35.5 Å². The molecule has 0 atom stereocenters. The van der Waals surface area contributed by atoms with E-state index in [1.54, 1.807) is 0 Å². The SMILES string of the molecule is O=C(CCCNC(=O)C1CC1)NC1CCC(C(=O)O)CC1. The summed E-state index contributed by atoms with van der Waals surface area (Å²) in [4.78, 5) is 34.0. The van der Waals surface area contributed by atoms with Crippen LogP contribution in [0.15, 0.2) is 0 Å². The Bertz CT molecular complexity index is 398. The molecule has 3 N–H and O–H groups in total. The molecule has 2 aliphatic rings. The van der Waals surface area contributed by atoms with E-state index in [4.69, 9.17) is 5.11 Å². The highest BCUT2D eigenvalue weighted by Gasteiger charge is 2.29. The molecule has 2 saturated carbocycles. The fourth-order valence-electron chi connectivity index (χ4n) is 2.73. The predicted octanol–water partition coefficient (Wildman–Crippen LogP) is 1.05. The van der Waals surface area contributed by atoms with Gasteiger partial charge in [-0.2, -0.15) is 0 Å². The number of carbonyl (C=O) groups excluding carboxylic acids is 2. The predicted molar refractivity (Wildman–Crippen MR) is 76.5 cm³/mol. The highest BCUT2D eigenvalue weighted by Crippen LogP contribution is 2.28. The molecule has 21 heavy (non-hydrogen) atoms. The van der Waals surface area contributed by atoms with Crippen LogP contribution in [0.1, 0.15) is 51.4 Å². The van der Waals surface area contributed by atoms with Crippen molar-refractivity contribution in [1.82, 2.24) is 10.6 Å². The molecule has 0 aromatic heterocycles. The van der Waals surface area contributed by atoms with Crippen LogP contribution < -0.4 is 10.6 Å². The molecule has 118 valence electrons. The number of carboxylic acid groups (broad SMARTS) is 1. The van der Waals surface area contributed by atoms with Gasteiger partial charge in [0.2, 0.25) is 11.8 Å². The van der Waals surface area contributed by atoms with E-state index >= 15 is 0 Å². The highest BCUT2D eigenvalue weighted by atomic mass is 16.4. The Kier molecular flexibility index (Phi) is 5.59. The Hall–Kier alpha value is -1.59. The number of hydrogen-bond donors (Lipinski definition) is 3. The van der Waals surface area contributed by atoms with Crippen molar-refractivity contribution in [2.24, 2.45) is 11.8 Å². The van der Waals surface area contributed by atoms with Crippen LogP contribution in [0.3, 0.4) is 0 Å². The molecular weight excluding hydrogens is 272 g/mol. The molecule has 2 fully saturated rings. The van der Waals surface area contributed by atoms with Gasteiger partial charge in [0.05, 0.1) is 5.92 Å². The smallest absolute Gasteiger partial charge is 0.306 e. The topological polar surface area (TPSA) is 95.5 Å². The molecule has 0 unspecified atom stereocenters. The van der Waals surface area contributed by atoms with Gasteiger partial charge in [0.1, 0.15) is 0 Å². The van der Waals surface area contributed by atoms with Crippen LogP contribution in [0.5, 0.6) is 0 Å². The van der Waals surface area contributed by atoms with Crippen LogP contribution in [0.4, 0.5) is 0 Å². The quantitative estimate of drug-likeness (QED) is 0.612. The fourth-order valence-corrected chi connectivity index (χ4v) is 2.73. The lowest BCUT2D eigenvalue weighted by Gasteiger charge is -2.26. The summed E-state index contributed by atoms with van der Waals surface area (Å²) < 4.78 is 0. The Morgan fingerprint density at radius 1 is 0.952 bits per heavy atom. The Morgan fingerprint density at radius 3 is 2.14 bits per heavy atom. The summed E-state index contributed by atoms with van der Waals surface area (Å²) in [6.07, 6.45) is 5.78. The Balaban J connectivity index is 1.53. The number of amides is 2. The van der Waals surface area contributed by atoms with Crippen molar-refractivity contribution in [3.63, 3.8) is 0 Å². The Morgan fingerprint density at radius 2 is 1.57 bits per heavy atom. The summed E-state index contributed by atoms with van der Waals surface area (Å²) in [6, 6.07) is 0.106. The zero-order chi connectivity index (χ0) is 15.2. The van der Waals surface area contributed by atoms with E-state index in [-0.39, 0.29) is 29.7 Å². The molecule has 0 bridgehead atoms. The number of rotatable bonds is 7. The fraction of sp³-hybridized carbons (Fsp3) is 0.800. The van der Waals surface area contributed by atoms with Crippen molar-refractivity contribution in [3.8, 4) is 0 Å². The van der Waals surface area contributed by atoms with E-state index in [1.165, 1.54) is 0 Å². The summed E-state index contributed by atoms with van der Waals surface area (Å²) in [7, 11) is 0. The standard InChI is InChI=1S/C15H24N2O4/c18-13(2-1-9-16-14(19)10-3-4-10)17-12-7-5-11(6-8-12)15(20)21/h10-12H,1-9H2,(H,16,19)(H,17,18)(H,20,21). The molecule has 0 aliphatic heterocycles. The van der Waals surface area contributed by atoms with E-state index in [0.717, 1.165) is 25.7 Å². The van der Waals surface area contributed by atoms with Gasteiger partial charge in [0, 0.05) is 24.9 Å². The third-order valence-electron chi connectivity index (χ3n) is 4.27. The lowest BCUT2D eigenvalue weighted by molar-refractivity contribution is -0.142. The average Bonchev–Trinajstić information content (AvgIpc) is 3.28. The molecule has 0 saturated heterocycles. The summed E-state index contributed by atoms with van der Waals surface area (Å²) in [5, 5.41) is 14.7. The second kappa shape index (κ2) is 7.43. The summed E-state index contributed by atoms with van der Waals surface area (Å²) in [5.41, 5.74) is 0. The highest BCUT2D eigenvalue weighted by molar-refractivity contribution is 5.81. The van der Waals surface area contributed by atoms with Gasteiger partial charge in [-0.15, -0.1) is 0 Å². The average molecular weight is 296 g/mol. The van der Waals surface area contributed by atoms with Gasteiger partial charge in [0.25, 0.3) is 0 Å². The summed E-state index contributed by atoms with van der Waals surface area (Å²) in [6.45, 7) is 0.550. The lowest BCUT2D eigenvalue weighted by Crippen LogP contribution is -2.39. The van der Waals surface area contributed by atoms with Gasteiger partial charge >= 0.3 is 5.97 Å². The van der Waals surface area contributed by atoms with Crippen LogP contribution in [0.25, 0.3) is 0 Å². The third kappa shape index (κ3) is 5.36. The van der Waals surface area contributed by atoms with Crippen LogP contribution in [-0.2, 0) is 14.4 Å². The maximum absolute atomic E-state index is 11.8. The van der Waals surface area contributed by atoms with Crippen molar-refractivity contribution in [3.05, 3.63) is 0 Å². The molecular formula is C15H24N2O4. The normalized spacial score (nSPS) is 25.1. The molecule has 2 amide bonds. The number of nitrogens with one attached hydrogen (secondary N) is 2. The molecule has 6 nitrogen and oxygen atoms in total. The first-order valence-corrected chi connectivity index (χ1v) is 7.86. The van der Waals surface area contributed by atoms with Crippen molar-refractivity contribution in [1.29, 1.82) is 0 Å². The number of hydrogen-bond acceptors (Lipinski definition) is 3. The van der Waals surface area contributed by atoms with Crippen molar-refractivity contribution < 1.29 is 19.5 Å². The van der Waals surface area contributed by atoms with Crippen molar-refractivity contribution in [2.45, 2.75) is 57.4 Å². The molecule has 0 heterocycles. The largest absolute Gasteiger partial charge is 0.481 e. The Labute approximate surface area is 124 Å². The van der Waals surface area contributed by atoms with E-state index in [9.17, 15) is 14.4 Å². The van der Waals surface area contributed by atoms with Crippen LogP contribution >= 0.6 is 0 Å². The van der Waals surface area contributed by atoms with Gasteiger partial charge in [-0.3, -0.25) is 14.4 Å². The summed E-state index contributed by atoms with van der Waals surface area (Å²) >= 11 is 0. The minimum atomic E-state index is -0.730. The molecule has 0 aromatic carbocycles. The van der Waals surface area contributed by atoms with E-state index < -0.39 is 5.97 Å². The monoisotopic (exact) mass is 296 g/mol.